The second-order valence-corrected chi connectivity index (χ2v) is 9.44. The molecule has 0 N–H and O–H groups in total. The Morgan fingerprint density at radius 2 is 1.55 bits per heavy atom. The molecule has 7 heteroatoms. The average Bonchev–Trinajstić information content (AvgIpc) is 2.72. The molecule has 1 aliphatic heterocycles. The number of amides is 1. The molecule has 1 aliphatic rings. The van der Waals surface area contributed by atoms with Crippen LogP contribution in [-0.4, -0.2) is 63.1 Å². The quantitative estimate of drug-likeness (QED) is 0.728. The molecule has 2 aromatic rings. The van der Waals surface area contributed by atoms with E-state index in [0.29, 0.717) is 11.3 Å². The molecule has 0 radical (unpaired) electrons. The molecule has 1 amide bonds. The molecule has 0 unspecified atom stereocenters. The van der Waals surface area contributed by atoms with Crippen LogP contribution in [0.2, 0.25) is 0 Å². The van der Waals surface area contributed by atoms with E-state index in [-0.39, 0.29) is 12.5 Å². The van der Waals surface area contributed by atoms with Crippen molar-refractivity contribution in [1.82, 2.24) is 9.80 Å². The van der Waals surface area contributed by atoms with Crippen molar-refractivity contribution in [3.63, 3.8) is 0 Å². The van der Waals surface area contributed by atoms with Crippen LogP contribution in [0, 0.1) is 6.92 Å². The first-order valence-corrected chi connectivity index (χ1v) is 11.8. The molecule has 0 spiro atoms. The lowest BCUT2D eigenvalue weighted by Gasteiger charge is -2.34. The van der Waals surface area contributed by atoms with Gasteiger partial charge in [-0.1, -0.05) is 36.8 Å². The zero-order valence-electron chi connectivity index (χ0n) is 17.3. The lowest BCUT2D eigenvalue weighted by atomic mass is 10.1. The van der Waals surface area contributed by atoms with Crippen molar-refractivity contribution in [3.05, 3.63) is 65.2 Å². The molecule has 29 heavy (non-hydrogen) atoms. The van der Waals surface area contributed by atoms with Gasteiger partial charge in [-0.05, 0) is 43.3 Å². The second kappa shape index (κ2) is 8.97. The Bertz CT molecular complexity index is 932. The molecule has 1 fully saturated rings. The van der Waals surface area contributed by atoms with E-state index < -0.39 is 10.0 Å². The van der Waals surface area contributed by atoms with Crippen LogP contribution in [0.3, 0.4) is 0 Å². The predicted octanol–water partition coefficient (Wildman–Crippen LogP) is 2.74. The summed E-state index contributed by atoms with van der Waals surface area (Å²) in [6, 6.07) is 14.7. The Kier molecular flexibility index (Phi) is 6.59. The van der Waals surface area contributed by atoms with Gasteiger partial charge in [-0.25, -0.2) is 8.42 Å². The highest BCUT2D eigenvalue weighted by molar-refractivity contribution is 7.92. The van der Waals surface area contributed by atoms with Crippen LogP contribution in [0.5, 0.6) is 0 Å². The van der Waals surface area contributed by atoms with Gasteiger partial charge in [0.1, 0.15) is 0 Å². The van der Waals surface area contributed by atoms with Gasteiger partial charge in [0.2, 0.25) is 10.0 Å². The second-order valence-electron chi connectivity index (χ2n) is 7.53. The normalized spacial score (nSPS) is 15.3. The number of hydrogen-bond acceptors (Lipinski definition) is 4. The monoisotopic (exact) mass is 415 g/mol. The number of piperazine rings is 1. The van der Waals surface area contributed by atoms with Gasteiger partial charge in [-0.3, -0.25) is 9.10 Å². The maximum Gasteiger partial charge on any atom is 0.253 e. The maximum atomic E-state index is 12.8. The third kappa shape index (κ3) is 5.36. The molecular weight excluding hydrogens is 386 g/mol. The van der Waals surface area contributed by atoms with E-state index in [4.69, 9.17) is 0 Å². The average molecular weight is 416 g/mol. The standard InChI is InChI=1S/C22H29N3O3S/c1-4-23-13-15-24(16-14-23)22(26)20-9-11-21(12-10-20)25(29(3,27)28)17-19-7-5-18(2)6-8-19/h5-12H,4,13-17H2,1-3H3. The number of benzene rings is 2. The molecule has 156 valence electrons. The van der Waals surface area contributed by atoms with Crippen molar-refractivity contribution in [2.75, 3.05) is 43.3 Å². The number of aryl methyl sites for hydroxylation is 1. The number of rotatable bonds is 6. The lowest BCUT2D eigenvalue weighted by Crippen LogP contribution is -2.48. The Morgan fingerprint density at radius 1 is 0.966 bits per heavy atom. The lowest BCUT2D eigenvalue weighted by molar-refractivity contribution is 0.0643. The Balaban J connectivity index is 1.75. The summed E-state index contributed by atoms with van der Waals surface area (Å²) in [7, 11) is -3.46. The fourth-order valence-corrected chi connectivity index (χ4v) is 4.37. The van der Waals surface area contributed by atoms with Gasteiger partial charge >= 0.3 is 0 Å². The van der Waals surface area contributed by atoms with Crippen LogP contribution in [0.25, 0.3) is 0 Å². The first-order valence-electron chi connectivity index (χ1n) is 9.93. The number of carbonyl (C=O) groups is 1. The zero-order valence-corrected chi connectivity index (χ0v) is 18.2. The molecule has 1 heterocycles. The summed E-state index contributed by atoms with van der Waals surface area (Å²) in [5, 5.41) is 0. The van der Waals surface area contributed by atoms with E-state index >= 15 is 0 Å². The number of nitrogens with zero attached hydrogens (tertiary/aromatic N) is 3. The molecule has 1 saturated heterocycles. The largest absolute Gasteiger partial charge is 0.336 e. The molecule has 6 nitrogen and oxygen atoms in total. The van der Waals surface area contributed by atoms with Gasteiger partial charge < -0.3 is 9.80 Å². The summed E-state index contributed by atoms with van der Waals surface area (Å²) in [6.07, 6.45) is 1.20. The van der Waals surface area contributed by atoms with Crippen LogP contribution < -0.4 is 4.31 Å². The predicted molar refractivity (Wildman–Crippen MR) is 117 cm³/mol. The molecule has 0 saturated carbocycles. The van der Waals surface area contributed by atoms with E-state index in [2.05, 4.69) is 11.8 Å². The molecule has 0 aliphatic carbocycles. The highest BCUT2D eigenvalue weighted by Gasteiger charge is 2.22. The van der Waals surface area contributed by atoms with Gasteiger partial charge in [0.25, 0.3) is 5.91 Å². The molecule has 0 atom stereocenters. The molecule has 3 rings (SSSR count). The Hall–Kier alpha value is -2.38. The van der Waals surface area contributed by atoms with Gasteiger partial charge in [0.15, 0.2) is 0 Å². The Labute approximate surface area is 173 Å². The van der Waals surface area contributed by atoms with E-state index in [9.17, 15) is 13.2 Å². The van der Waals surface area contributed by atoms with Crippen LogP contribution >= 0.6 is 0 Å². The summed E-state index contributed by atoms with van der Waals surface area (Å²) in [5.41, 5.74) is 3.18. The molecular formula is C22H29N3O3S. The topological polar surface area (TPSA) is 60.9 Å². The van der Waals surface area contributed by atoms with E-state index in [1.807, 2.05) is 36.1 Å². The summed E-state index contributed by atoms with van der Waals surface area (Å²) in [4.78, 5) is 17.0. The summed E-state index contributed by atoms with van der Waals surface area (Å²) >= 11 is 0. The van der Waals surface area contributed by atoms with Crippen molar-refractivity contribution >= 4 is 21.6 Å². The summed E-state index contributed by atoms with van der Waals surface area (Å²) in [6.45, 7) is 8.59. The van der Waals surface area contributed by atoms with Crippen molar-refractivity contribution < 1.29 is 13.2 Å². The van der Waals surface area contributed by atoms with Crippen molar-refractivity contribution in [2.45, 2.75) is 20.4 Å². The van der Waals surface area contributed by atoms with Crippen LogP contribution in [0.1, 0.15) is 28.4 Å². The van der Waals surface area contributed by atoms with Crippen LogP contribution in [-0.2, 0) is 16.6 Å². The fourth-order valence-electron chi connectivity index (χ4n) is 3.48. The first kappa shape index (κ1) is 21.3. The van der Waals surface area contributed by atoms with Gasteiger partial charge in [0.05, 0.1) is 18.5 Å². The third-order valence-corrected chi connectivity index (χ3v) is 6.50. The molecule has 0 bridgehead atoms. The number of likely N-dealkylation sites (N-methyl/N-ethyl adjacent to an activating group) is 1. The molecule has 0 aromatic heterocycles. The summed E-state index contributed by atoms with van der Waals surface area (Å²) in [5.74, 6) is -0.00302. The first-order chi connectivity index (χ1) is 13.8. The van der Waals surface area contributed by atoms with Gasteiger partial charge in [-0.2, -0.15) is 0 Å². The smallest absolute Gasteiger partial charge is 0.253 e. The number of carbonyl (C=O) groups excluding carboxylic acids is 1. The highest BCUT2D eigenvalue weighted by Crippen LogP contribution is 2.22. The van der Waals surface area contributed by atoms with E-state index in [1.54, 1.807) is 24.3 Å². The van der Waals surface area contributed by atoms with Gasteiger partial charge in [-0.15, -0.1) is 0 Å². The highest BCUT2D eigenvalue weighted by atomic mass is 32.2. The number of sulfonamides is 1. The summed E-state index contributed by atoms with van der Waals surface area (Å²) < 4.78 is 26.1. The van der Waals surface area contributed by atoms with Crippen LogP contribution in [0.15, 0.2) is 48.5 Å². The van der Waals surface area contributed by atoms with E-state index in [1.165, 1.54) is 10.6 Å². The number of anilines is 1. The third-order valence-electron chi connectivity index (χ3n) is 5.36. The minimum absolute atomic E-state index is 0.00302. The maximum absolute atomic E-state index is 12.8. The van der Waals surface area contributed by atoms with Gasteiger partial charge in [0, 0.05) is 31.7 Å². The SMILES string of the molecule is CCN1CCN(C(=O)c2ccc(N(Cc3ccc(C)cc3)S(C)(=O)=O)cc2)CC1. The zero-order chi connectivity index (χ0) is 21.0. The van der Waals surface area contributed by atoms with Crippen molar-refractivity contribution in [3.8, 4) is 0 Å². The Morgan fingerprint density at radius 3 is 2.07 bits per heavy atom. The number of hydrogen-bond donors (Lipinski definition) is 0. The minimum Gasteiger partial charge on any atom is -0.336 e. The van der Waals surface area contributed by atoms with Crippen molar-refractivity contribution in [1.29, 1.82) is 0 Å². The van der Waals surface area contributed by atoms with Crippen molar-refractivity contribution in [2.24, 2.45) is 0 Å². The fraction of sp³-hybridized carbons (Fsp3) is 0.409. The minimum atomic E-state index is -3.46. The molecule has 2 aromatic carbocycles. The van der Waals surface area contributed by atoms with E-state index in [0.717, 1.165) is 43.9 Å². The van der Waals surface area contributed by atoms with Crippen LogP contribution in [0.4, 0.5) is 5.69 Å².